The second kappa shape index (κ2) is 11.1. The van der Waals surface area contributed by atoms with Crippen LogP contribution in [0.15, 0.2) is 24.3 Å². The Morgan fingerprint density at radius 1 is 1.32 bits per heavy atom. The van der Waals surface area contributed by atoms with Gasteiger partial charge in [-0.05, 0) is 11.6 Å². The predicted molar refractivity (Wildman–Crippen MR) is 100 cm³/mol. The Bertz CT molecular complexity index is 456. The van der Waals surface area contributed by atoms with Crippen LogP contribution in [0.2, 0.25) is 0 Å². The van der Waals surface area contributed by atoms with Gasteiger partial charge < -0.3 is 11.1 Å². The molecule has 22 heavy (non-hydrogen) atoms. The number of hydrogen-bond acceptors (Lipinski definition) is 4. The van der Waals surface area contributed by atoms with Crippen LogP contribution >= 0.6 is 36.6 Å². The first kappa shape index (κ1) is 21.5. The summed E-state index contributed by atoms with van der Waals surface area (Å²) in [6, 6.07) is 8.04. The van der Waals surface area contributed by atoms with E-state index >= 15 is 0 Å². The highest BCUT2D eigenvalue weighted by atomic mass is 35.5. The van der Waals surface area contributed by atoms with E-state index < -0.39 is 0 Å². The number of carbonyl (C=O) groups is 1. The quantitative estimate of drug-likeness (QED) is 0.841. The van der Waals surface area contributed by atoms with Crippen LogP contribution in [0, 0.1) is 5.92 Å². The number of carbonyl (C=O) groups excluding carboxylic acids is 1. The number of halogens is 2. The maximum absolute atomic E-state index is 12.0. The second-order valence-corrected chi connectivity index (χ2v) is 6.40. The highest BCUT2D eigenvalue weighted by Gasteiger charge is 2.15. The van der Waals surface area contributed by atoms with E-state index in [0.717, 1.165) is 25.3 Å². The number of hydrogen-bond donors (Lipinski definition) is 2. The molecule has 0 aromatic heterocycles. The monoisotopic (exact) mass is 365 g/mol. The Labute approximate surface area is 149 Å². The number of nitrogens with one attached hydrogen (secondary N) is 1. The van der Waals surface area contributed by atoms with Gasteiger partial charge in [-0.2, -0.15) is 11.8 Å². The van der Waals surface area contributed by atoms with Gasteiger partial charge in [-0.25, -0.2) is 0 Å². The fourth-order valence-corrected chi connectivity index (χ4v) is 3.12. The number of nitrogens with zero attached hydrogens (tertiary/aromatic N) is 1. The summed E-state index contributed by atoms with van der Waals surface area (Å²) in [7, 11) is 0. The summed E-state index contributed by atoms with van der Waals surface area (Å²) in [6.45, 7) is 5.35. The molecule has 1 atom stereocenters. The third-order valence-corrected chi connectivity index (χ3v) is 4.52. The molecule has 0 saturated carbocycles. The molecule has 1 aliphatic rings. The topological polar surface area (TPSA) is 58.4 Å². The summed E-state index contributed by atoms with van der Waals surface area (Å²) >= 11 is 2.01. The van der Waals surface area contributed by atoms with E-state index in [1.165, 1.54) is 17.1 Å². The number of rotatable bonds is 5. The van der Waals surface area contributed by atoms with Crippen LogP contribution in [0.4, 0.5) is 5.69 Å². The molecule has 2 rings (SSSR count). The summed E-state index contributed by atoms with van der Waals surface area (Å²) in [6.07, 6.45) is 0. The number of anilines is 1. The van der Waals surface area contributed by atoms with Crippen LogP contribution in [0.5, 0.6) is 0 Å². The molecule has 0 radical (unpaired) electrons. The molecule has 0 spiro atoms. The maximum atomic E-state index is 12.0. The number of nitrogens with two attached hydrogens (primary N) is 1. The SMILES string of the molecule is CC(CN)C(=O)Nc1ccccc1CN1CCSCC1.Cl.Cl. The average molecular weight is 366 g/mol. The number of amides is 1. The summed E-state index contributed by atoms with van der Waals surface area (Å²) in [4.78, 5) is 14.4. The highest BCUT2D eigenvalue weighted by Crippen LogP contribution is 2.20. The molecule has 1 saturated heterocycles. The molecule has 1 amide bonds. The standard InChI is InChI=1S/C15H23N3OS.2ClH/c1-12(10-16)15(19)17-14-5-3-2-4-13(14)11-18-6-8-20-9-7-18;;/h2-5,12H,6-11,16H2,1H3,(H,17,19);2*1H. The van der Waals surface area contributed by atoms with Gasteiger partial charge in [0, 0.05) is 49.3 Å². The lowest BCUT2D eigenvalue weighted by molar-refractivity contribution is -0.119. The summed E-state index contributed by atoms with van der Waals surface area (Å²) in [5.74, 6) is 2.22. The van der Waals surface area contributed by atoms with Crippen molar-refractivity contribution in [2.75, 3.05) is 36.5 Å². The van der Waals surface area contributed by atoms with Crippen molar-refractivity contribution in [1.82, 2.24) is 4.90 Å². The lowest BCUT2D eigenvalue weighted by atomic mass is 10.1. The van der Waals surface area contributed by atoms with Crippen LogP contribution in [0.25, 0.3) is 0 Å². The summed E-state index contributed by atoms with van der Waals surface area (Å²) in [5, 5.41) is 3.00. The van der Waals surface area contributed by atoms with E-state index in [1.807, 2.05) is 36.9 Å². The molecule has 1 unspecified atom stereocenters. The van der Waals surface area contributed by atoms with Crippen molar-refractivity contribution in [2.24, 2.45) is 11.7 Å². The fourth-order valence-electron chi connectivity index (χ4n) is 2.14. The molecule has 4 nitrogen and oxygen atoms in total. The zero-order valence-corrected chi connectivity index (χ0v) is 15.2. The molecule has 3 N–H and O–H groups in total. The van der Waals surface area contributed by atoms with E-state index in [-0.39, 0.29) is 36.6 Å². The van der Waals surface area contributed by atoms with Crippen molar-refractivity contribution >= 4 is 48.2 Å². The van der Waals surface area contributed by atoms with Gasteiger partial charge in [0.05, 0.1) is 0 Å². The minimum absolute atomic E-state index is 0. The largest absolute Gasteiger partial charge is 0.330 e. The molecule has 0 aliphatic carbocycles. The number of para-hydroxylation sites is 1. The normalized spacial score (nSPS) is 16.1. The zero-order chi connectivity index (χ0) is 14.4. The molecular formula is C15H25Cl2N3OS. The van der Waals surface area contributed by atoms with Gasteiger partial charge in [0.2, 0.25) is 5.91 Å². The lowest BCUT2D eigenvalue weighted by Crippen LogP contribution is -2.32. The first-order valence-electron chi connectivity index (χ1n) is 7.09. The third kappa shape index (κ3) is 6.34. The Morgan fingerprint density at radius 3 is 2.59 bits per heavy atom. The van der Waals surface area contributed by atoms with Crippen molar-refractivity contribution in [1.29, 1.82) is 0 Å². The zero-order valence-electron chi connectivity index (χ0n) is 12.8. The van der Waals surface area contributed by atoms with Gasteiger partial charge in [-0.15, -0.1) is 24.8 Å². The van der Waals surface area contributed by atoms with Crippen molar-refractivity contribution in [2.45, 2.75) is 13.5 Å². The van der Waals surface area contributed by atoms with Gasteiger partial charge in [0.15, 0.2) is 0 Å². The van der Waals surface area contributed by atoms with Gasteiger partial charge in [-0.3, -0.25) is 9.69 Å². The molecule has 7 heteroatoms. The lowest BCUT2D eigenvalue weighted by Gasteiger charge is -2.27. The van der Waals surface area contributed by atoms with Crippen molar-refractivity contribution in [3.05, 3.63) is 29.8 Å². The summed E-state index contributed by atoms with van der Waals surface area (Å²) < 4.78 is 0. The first-order chi connectivity index (χ1) is 9.70. The molecule has 1 fully saturated rings. The molecular weight excluding hydrogens is 341 g/mol. The Morgan fingerprint density at radius 2 is 1.95 bits per heavy atom. The van der Waals surface area contributed by atoms with Crippen LogP contribution in [0.1, 0.15) is 12.5 Å². The second-order valence-electron chi connectivity index (χ2n) is 5.17. The van der Waals surface area contributed by atoms with Crippen molar-refractivity contribution in [3.63, 3.8) is 0 Å². The maximum Gasteiger partial charge on any atom is 0.228 e. The van der Waals surface area contributed by atoms with E-state index in [9.17, 15) is 4.79 Å². The molecule has 0 bridgehead atoms. The van der Waals surface area contributed by atoms with Crippen molar-refractivity contribution < 1.29 is 4.79 Å². The number of thioether (sulfide) groups is 1. The average Bonchev–Trinajstić information content (AvgIpc) is 2.49. The van der Waals surface area contributed by atoms with Crippen LogP contribution in [-0.4, -0.2) is 41.9 Å². The Kier molecular flexibility index (Phi) is 10.9. The van der Waals surface area contributed by atoms with E-state index in [2.05, 4.69) is 16.3 Å². The van der Waals surface area contributed by atoms with Crippen molar-refractivity contribution in [3.8, 4) is 0 Å². The smallest absolute Gasteiger partial charge is 0.228 e. The molecule has 1 aliphatic heterocycles. The van der Waals surface area contributed by atoms with Gasteiger partial charge >= 0.3 is 0 Å². The predicted octanol–water partition coefficient (Wildman–Crippen LogP) is 2.61. The minimum Gasteiger partial charge on any atom is -0.330 e. The molecule has 1 heterocycles. The van der Waals surface area contributed by atoms with Crippen LogP contribution < -0.4 is 11.1 Å². The third-order valence-electron chi connectivity index (χ3n) is 3.57. The van der Waals surface area contributed by atoms with Gasteiger partial charge in [-0.1, -0.05) is 25.1 Å². The molecule has 1 aromatic rings. The minimum atomic E-state index is -0.158. The van der Waals surface area contributed by atoms with Crippen LogP contribution in [-0.2, 0) is 11.3 Å². The molecule has 126 valence electrons. The molecule has 1 aromatic carbocycles. The summed E-state index contributed by atoms with van der Waals surface area (Å²) in [5.41, 5.74) is 7.63. The van der Waals surface area contributed by atoms with E-state index in [4.69, 9.17) is 5.73 Å². The van der Waals surface area contributed by atoms with Gasteiger partial charge in [0.1, 0.15) is 0 Å². The van der Waals surface area contributed by atoms with E-state index in [0.29, 0.717) is 6.54 Å². The van der Waals surface area contributed by atoms with Gasteiger partial charge in [0.25, 0.3) is 0 Å². The highest BCUT2D eigenvalue weighted by molar-refractivity contribution is 7.99. The number of benzene rings is 1. The first-order valence-corrected chi connectivity index (χ1v) is 8.25. The Hall–Kier alpha value is -0.460. The fraction of sp³-hybridized carbons (Fsp3) is 0.533. The van der Waals surface area contributed by atoms with E-state index in [1.54, 1.807) is 0 Å². The van der Waals surface area contributed by atoms with Crippen LogP contribution in [0.3, 0.4) is 0 Å². The Balaban J connectivity index is 0.00000220.